The van der Waals surface area contributed by atoms with Gasteiger partial charge in [-0.15, -0.1) is 0 Å². The van der Waals surface area contributed by atoms with Crippen LogP contribution in [0.3, 0.4) is 0 Å². The number of amides is 1. The number of carbonyl (C=O) groups excluding carboxylic acids is 1. The summed E-state index contributed by atoms with van der Waals surface area (Å²) < 4.78 is 0. The largest absolute Gasteiger partial charge is 0.395 e. The third-order valence-electron chi connectivity index (χ3n) is 3.59. The molecule has 16 heavy (non-hydrogen) atoms. The fourth-order valence-electron chi connectivity index (χ4n) is 2.45. The number of aliphatic hydroxyl groups excluding tert-OH is 1. The molecule has 0 atom stereocenters. The number of nitrogens with zero attached hydrogens (tertiary/aromatic N) is 1. The zero-order valence-corrected chi connectivity index (χ0v) is 10.2. The lowest BCUT2D eigenvalue weighted by atomic mass is 9.81. The molecule has 0 spiro atoms. The van der Waals surface area contributed by atoms with Crippen LogP contribution < -0.4 is 5.73 Å². The molecule has 0 radical (unpaired) electrons. The van der Waals surface area contributed by atoms with Crippen LogP contribution in [0.4, 0.5) is 0 Å². The molecule has 94 valence electrons. The zero-order valence-electron chi connectivity index (χ0n) is 10.2. The number of carbonyl (C=O) groups is 1. The van der Waals surface area contributed by atoms with E-state index in [2.05, 4.69) is 0 Å². The molecule has 1 aliphatic rings. The van der Waals surface area contributed by atoms with Crippen molar-refractivity contribution < 1.29 is 9.90 Å². The van der Waals surface area contributed by atoms with Crippen molar-refractivity contribution >= 4 is 5.91 Å². The van der Waals surface area contributed by atoms with Crippen LogP contribution in [0.25, 0.3) is 0 Å². The molecule has 1 fully saturated rings. The number of nitrogens with two attached hydrogens (primary N) is 1. The average molecular weight is 228 g/mol. The predicted octanol–water partition coefficient (Wildman–Crippen LogP) is 0.592. The molecule has 1 amide bonds. The first-order valence-electron chi connectivity index (χ1n) is 6.32. The Hall–Kier alpha value is -0.610. The first-order valence-corrected chi connectivity index (χ1v) is 6.32. The summed E-state index contributed by atoms with van der Waals surface area (Å²) in [4.78, 5) is 13.9. The number of rotatable bonds is 5. The van der Waals surface area contributed by atoms with Crippen LogP contribution in [0, 0.1) is 11.8 Å². The average Bonchev–Trinajstić information content (AvgIpc) is 2.35. The van der Waals surface area contributed by atoms with Crippen LogP contribution in [0.15, 0.2) is 0 Å². The van der Waals surface area contributed by atoms with E-state index in [9.17, 15) is 4.79 Å². The van der Waals surface area contributed by atoms with Gasteiger partial charge in [0.15, 0.2) is 0 Å². The lowest BCUT2D eigenvalue weighted by molar-refractivity contribution is -0.137. The monoisotopic (exact) mass is 228 g/mol. The molecule has 4 nitrogen and oxygen atoms in total. The summed E-state index contributed by atoms with van der Waals surface area (Å²) in [5.41, 5.74) is 5.63. The van der Waals surface area contributed by atoms with Gasteiger partial charge < -0.3 is 15.7 Å². The van der Waals surface area contributed by atoms with Crippen LogP contribution >= 0.6 is 0 Å². The van der Waals surface area contributed by atoms with Crippen molar-refractivity contribution in [3.63, 3.8) is 0 Å². The predicted molar refractivity (Wildman–Crippen MR) is 63.8 cm³/mol. The Morgan fingerprint density at radius 3 is 2.44 bits per heavy atom. The molecule has 1 saturated carbocycles. The Bertz CT molecular complexity index is 213. The van der Waals surface area contributed by atoms with Gasteiger partial charge >= 0.3 is 0 Å². The highest BCUT2D eigenvalue weighted by Gasteiger charge is 2.28. The van der Waals surface area contributed by atoms with Gasteiger partial charge in [-0.2, -0.15) is 0 Å². The summed E-state index contributed by atoms with van der Waals surface area (Å²) in [6.45, 7) is 3.91. The Morgan fingerprint density at radius 1 is 1.38 bits per heavy atom. The van der Waals surface area contributed by atoms with Gasteiger partial charge in [-0.05, 0) is 45.1 Å². The summed E-state index contributed by atoms with van der Waals surface area (Å²) in [5.74, 6) is 0.985. The van der Waals surface area contributed by atoms with Crippen LogP contribution in [0.5, 0.6) is 0 Å². The minimum atomic E-state index is 0.0533. The van der Waals surface area contributed by atoms with E-state index in [4.69, 9.17) is 10.8 Å². The SMILES string of the molecule is CCN(CCO)C(=O)C1CCC(CN)CC1. The van der Waals surface area contributed by atoms with Crippen molar-refractivity contribution in [3.05, 3.63) is 0 Å². The molecule has 3 N–H and O–H groups in total. The fourth-order valence-corrected chi connectivity index (χ4v) is 2.45. The molecule has 1 aliphatic carbocycles. The molecule has 0 aromatic carbocycles. The van der Waals surface area contributed by atoms with Crippen LogP contribution in [0.2, 0.25) is 0 Å². The van der Waals surface area contributed by atoms with Crippen molar-refractivity contribution in [1.29, 1.82) is 0 Å². The quantitative estimate of drug-likeness (QED) is 0.724. The van der Waals surface area contributed by atoms with Gasteiger partial charge in [0.1, 0.15) is 0 Å². The van der Waals surface area contributed by atoms with E-state index in [0.717, 1.165) is 32.2 Å². The van der Waals surface area contributed by atoms with E-state index in [1.807, 2.05) is 6.92 Å². The topological polar surface area (TPSA) is 66.6 Å². The Morgan fingerprint density at radius 2 is 2.00 bits per heavy atom. The molecule has 4 heteroatoms. The van der Waals surface area contributed by atoms with Gasteiger partial charge in [0.05, 0.1) is 6.61 Å². The number of hydrogen-bond donors (Lipinski definition) is 2. The molecular weight excluding hydrogens is 204 g/mol. The summed E-state index contributed by atoms with van der Waals surface area (Å²) in [6, 6.07) is 0. The Labute approximate surface area is 97.8 Å². The molecule has 0 saturated heterocycles. The second-order valence-corrected chi connectivity index (χ2v) is 4.59. The summed E-state index contributed by atoms with van der Waals surface area (Å²) in [7, 11) is 0. The third-order valence-corrected chi connectivity index (χ3v) is 3.59. The maximum Gasteiger partial charge on any atom is 0.225 e. The van der Waals surface area contributed by atoms with E-state index < -0.39 is 0 Å². The minimum absolute atomic E-state index is 0.0533. The smallest absolute Gasteiger partial charge is 0.225 e. The van der Waals surface area contributed by atoms with Crippen molar-refractivity contribution in [2.45, 2.75) is 32.6 Å². The van der Waals surface area contributed by atoms with Crippen molar-refractivity contribution in [1.82, 2.24) is 4.90 Å². The van der Waals surface area contributed by atoms with Gasteiger partial charge in [0.25, 0.3) is 0 Å². The van der Waals surface area contributed by atoms with E-state index in [1.165, 1.54) is 0 Å². The first kappa shape index (κ1) is 13.5. The molecule has 0 bridgehead atoms. The van der Waals surface area contributed by atoms with Crippen molar-refractivity contribution in [2.75, 3.05) is 26.2 Å². The Kier molecular flexibility index (Phi) is 5.77. The molecule has 0 aromatic heterocycles. The lowest BCUT2D eigenvalue weighted by Gasteiger charge is -2.31. The van der Waals surface area contributed by atoms with Gasteiger partial charge in [-0.25, -0.2) is 0 Å². The van der Waals surface area contributed by atoms with Gasteiger partial charge in [0.2, 0.25) is 5.91 Å². The van der Waals surface area contributed by atoms with E-state index >= 15 is 0 Å². The molecule has 0 unspecified atom stereocenters. The van der Waals surface area contributed by atoms with Crippen molar-refractivity contribution in [2.24, 2.45) is 17.6 Å². The molecular formula is C12H24N2O2. The highest BCUT2D eigenvalue weighted by molar-refractivity contribution is 5.78. The minimum Gasteiger partial charge on any atom is -0.395 e. The highest BCUT2D eigenvalue weighted by Crippen LogP contribution is 2.29. The maximum atomic E-state index is 12.1. The second-order valence-electron chi connectivity index (χ2n) is 4.59. The van der Waals surface area contributed by atoms with Crippen LogP contribution in [-0.2, 0) is 4.79 Å². The van der Waals surface area contributed by atoms with Gasteiger partial charge in [-0.1, -0.05) is 0 Å². The van der Waals surface area contributed by atoms with Crippen LogP contribution in [-0.4, -0.2) is 42.2 Å². The maximum absolute atomic E-state index is 12.1. The lowest BCUT2D eigenvalue weighted by Crippen LogP contribution is -2.39. The van der Waals surface area contributed by atoms with E-state index in [1.54, 1.807) is 4.90 Å². The van der Waals surface area contributed by atoms with Gasteiger partial charge in [0, 0.05) is 19.0 Å². The van der Waals surface area contributed by atoms with Crippen LogP contribution in [0.1, 0.15) is 32.6 Å². The Balaban J connectivity index is 2.42. The van der Waals surface area contributed by atoms with Crippen molar-refractivity contribution in [3.8, 4) is 0 Å². The number of likely N-dealkylation sites (N-methyl/N-ethyl adjacent to an activating group) is 1. The zero-order chi connectivity index (χ0) is 12.0. The van der Waals surface area contributed by atoms with E-state index in [0.29, 0.717) is 19.0 Å². The molecule has 0 aromatic rings. The normalized spacial score (nSPS) is 25.4. The number of aliphatic hydroxyl groups is 1. The van der Waals surface area contributed by atoms with E-state index in [-0.39, 0.29) is 18.4 Å². The molecule has 0 heterocycles. The summed E-state index contributed by atoms with van der Waals surface area (Å²) in [6.07, 6.45) is 4.07. The first-order chi connectivity index (χ1) is 7.72. The van der Waals surface area contributed by atoms with Gasteiger partial charge in [-0.3, -0.25) is 4.79 Å². The fraction of sp³-hybridized carbons (Fsp3) is 0.917. The molecule has 0 aliphatic heterocycles. The summed E-state index contributed by atoms with van der Waals surface area (Å²) in [5, 5.41) is 8.88. The third kappa shape index (κ3) is 3.46. The standard InChI is InChI=1S/C12H24N2O2/c1-2-14(7-8-15)12(16)11-5-3-10(9-13)4-6-11/h10-11,15H,2-9,13H2,1H3. The molecule has 1 rings (SSSR count). The second kappa shape index (κ2) is 6.86. The summed E-state index contributed by atoms with van der Waals surface area (Å²) >= 11 is 0. The highest BCUT2D eigenvalue weighted by atomic mass is 16.3. The number of hydrogen-bond acceptors (Lipinski definition) is 3.